The van der Waals surface area contributed by atoms with Crippen LogP contribution < -0.4 is 0 Å². The van der Waals surface area contributed by atoms with Gasteiger partial charge < -0.3 is 5.11 Å². The van der Waals surface area contributed by atoms with Crippen molar-refractivity contribution in [3.8, 4) is 5.75 Å². The fraction of sp³-hybridized carbons (Fsp3) is 0.286. The Labute approximate surface area is 90.2 Å². The highest BCUT2D eigenvalue weighted by Crippen LogP contribution is 2.32. The standard InChI is InChI=1S/C7H5Br2F2NO/c8-2-3-1-4(9)12-5(6(3)13)7(10)11/h1,7,13H,2H2. The van der Waals surface area contributed by atoms with Crippen LogP contribution in [0.4, 0.5) is 8.78 Å². The first-order valence-corrected chi connectivity index (χ1v) is 5.20. The van der Waals surface area contributed by atoms with Crippen LogP contribution in [0.25, 0.3) is 0 Å². The Hall–Kier alpha value is -0.230. The van der Waals surface area contributed by atoms with Crippen LogP contribution in [-0.2, 0) is 5.33 Å². The van der Waals surface area contributed by atoms with E-state index in [0.29, 0.717) is 10.9 Å². The summed E-state index contributed by atoms with van der Waals surface area (Å²) in [6.45, 7) is 0. The first-order chi connectivity index (χ1) is 6.06. The summed E-state index contributed by atoms with van der Waals surface area (Å²) < 4.78 is 24.8. The second kappa shape index (κ2) is 4.32. The molecule has 13 heavy (non-hydrogen) atoms. The summed E-state index contributed by atoms with van der Waals surface area (Å²) in [4.78, 5) is 3.48. The molecule has 0 bridgehead atoms. The number of aromatic hydroxyl groups is 1. The van der Waals surface area contributed by atoms with Gasteiger partial charge in [0.2, 0.25) is 0 Å². The summed E-state index contributed by atoms with van der Waals surface area (Å²) in [5.74, 6) is -0.449. The highest BCUT2D eigenvalue weighted by atomic mass is 79.9. The molecule has 1 aromatic rings. The Balaban J connectivity index is 3.27. The van der Waals surface area contributed by atoms with Crippen LogP contribution in [-0.4, -0.2) is 10.1 Å². The number of rotatable bonds is 2. The van der Waals surface area contributed by atoms with Crippen LogP contribution in [0.1, 0.15) is 17.7 Å². The summed E-state index contributed by atoms with van der Waals surface area (Å²) in [7, 11) is 0. The van der Waals surface area contributed by atoms with E-state index in [9.17, 15) is 13.9 Å². The number of aromatic nitrogens is 1. The van der Waals surface area contributed by atoms with Gasteiger partial charge in [-0.25, -0.2) is 13.8 Å². The Bertz CT molecular complexity index is 320. The Kier molecular flexibility index (Phi) is 3.61. The lowest BCUT2D eigenvalue weighted by atomic mass is 10.2. The number of alkyl halides is 3. The fourth-order valence-electron chi connectivity index (χ4n) is 0.831. The number of halogens is 4. The average molecular weight is 317 g/mol. The van der Waals surface area contributed by atoms with Gasteiger partial charge in [0.05, 0.1) is 0 Å². The molecule has 1 rings (SSSR count). The van der Waals surface area contributed by atoms with Crippen LogP contribution in [0, 0.1) is 0 Å². The Morgan fingerprint density at radius 3 is 2.62 bits per heavy atom. The third-order valence-electron chi connectivity index (χ3n) is 1.42. The molecule has 1 heterocycles. The smallest absolute Gasteiger partial charge is 0.284 e. The summed E-state index contributed by atoms with van der Waals surface area (Å²) in [5.41, 5.74) is -0.207. The molecular weight excluding hydrogens is 312 g/mol. The number of pyridine rings is 1. The number of hydrogen-bond donors (Lipinski definition) is 1. The maximum absolute atomic E-state index is 12.3. The van der Waals surface area contributed by atoms with Crippen molar-refractivity contribution < 1.29 is 13.9 Å². The molecular formula is C7H5Br2F2NO. The fourth-order valence-corrected chi connectivity index (χ4v) is 1.73. The van der Waals surface area contributed by atoms with Crippen molar-refractivity contribution in [2.24, 2.45) is 0 Å². The lowest BCUT2D eigenvalue weighted by Gasteiger charge is -2.06. The molecule has 0 saturated heterocycles. The van der Waals surface area contributed by atoms with Gasteiger partial charge in [0, 0.05) is 10.9 Å². The van der Waals surface area contributed by atoms with E-state index >= 15 is 0 Å². The Morgan fingerprint density at radius 2 is 2.15 bits per heavy atom. The van der Waals surface area contributed by atoms with Crippen LogP contribution >= 0.6 is 31.9 Å². The molecule has 6 heteroatoms. The summed E-state index contributed by atoms with van der Waals surface area (Å²) in [6, 6.07) is 1.48. The zero-order chi connectivity index (χ0) is 10.0. The van der Waals surface area contributed by atoms with Gasteiger partial charge in [0.1, 0.15) is 16.0 Å². The van der Waals surface area contributed by atoms with Crippen molar-refractivity contribution >= 4 is 31.9 Å². The molecule has 0 amide bonds. The lowest BCUT2D eigenvalue weighted by molar-refractivity contribution is 0.141. The first kappa shape index (κ1) is 10.8. The zero-order valence-corrected chi connectivity index (χ0v) is 9.44. The third kappa shape index (κ3) is 2.37. The lowest BCUT2D eigenvalue weighted by Crippen LogP contribution is -1.95. The summed E-state index contributed by atoms with van der Waals surface area (Å²) in [5, 5.41) is 9.60. The highest BCUT2D eigenvalue weighted by molar-refractivity contribution is 9.10. The van der Waals surface area contributed by atoms with Crippen LogP contribution in [0.2, 0.25) is 0 Å². The minimum absolute atomic E-state index is 0.287. The van der Waals surface area contributed by atoms with Gasteiger partial charge in [0.15, 0.2) is 0 Å². The van der Waals surface area contributed by atoms with Gasteiger partial charge in [-0.15, -0.1) is 0 Å². The molecule has 0 aliphatic heterocycles. The molecule has 0 aromatic carbocycles. The topological polar surface area (TPSA) is 33.1 Å². The molecule has 0 aliphatic rings. The largest absolute Gasteiger partial charge is 0.505 e. The van der Waals surface area contributed by atoms with E-state index in [0.717, 1.165) is 0 Å². The molecule has 72 valence electrons. The quantitative estimate of drug-likeness (QED) is 0.670. The second-order valence-corrected chi connectivity index (χ2v) is 3.65. The van der Waals surface area contributed by atoms with E-state index in [1.165, 1.54) is 6.07 Å². The number of hydrogen-bond acceptors (Lipinski definition) is 2. The predicted molar refractivity (Wildman–Crippen MR) is 51.2 cm³/mol. The van der Waals surface area contributed by atoms with E-state index in [2.05, 4.69) is 36.8 Å². The first-order valence-electron chi connectivity index (χ1n) is 3.28. The summed E-state index contributed by atoms with van der Waals surface area (Å²) >= 11 is 6.05. The number of nitrogens with zero attached hydrogens (tertiary/aromatic N) is 1. The van der Waals surface area contributed by atoms with Crippen molar-refractivity contribution in [1.82, 2.24) is 4.98 Å². The van der Waals surface area contributed by atoms with Crippen molar-refractivity contribution in [1.29, 1.82) is 0 Å². The summed E-state index contributed by atoms with van der Waals surface area (Å²) in [6.07, 6.45) is -2.77. The molecule has 0 unspecified atom stereocenters. The van der Waals surface area contributed by atoms with Gasteiger partial charge in [0.25, 0.3) is 6.43 Å². The van der Waals surface area contributed by atoms with Gasteiger partial charge in [-0.3, -0.25) is 0 Å². The normalized spacial score (nSPS) is 10.8. The minimum atomic E-state index is -2.77. The molecule has 0 fully saturated rings. The van der Waals surface area contributed by atoms with Gasteiger partial charge in [-0.1, -0.05) is 15.9 Å². The van der Waals surface area contributed by atoms with Gasteiger partial charge >= 0.3 is 0 Å². The molecule has 0 spiro atoms. The molecule has 0 atom stereocenters. The molecule has 0 saturated carbocycles. The van der Waals surface area contributed by atoms with Gasteiger partial charge in [-0.05, 0) is 22.0 Å². The second-order valence-electron chi connectivity index (χ2n) is 2.27. The highest BCUT2D eigenvalue weighted by Gasteiger charge is 2.18. The molecule has 1 N–H and O–H groups in total. The van der Waals surface area contributed by atoms with Crippen molar-refractivity contribution in [2.75, 3.05) is 0 Å². The maximum Gasteiger partial charge on any atom is 0.284 e. The zero-order valence-electron chi connectivity index (χ0n) is 6.27. The van der Waals surface area contributed by atoms with Crippen LogP contribution in [0.5, 0.6) is 5.75 Å². The molecule has 0 aliphatic carbocycles. The maximum atomic E-state index is 12.3. The van der Waals surface area contributed by atoms with Crippen LogP contribution in [0.15, 0.2) is 10.7 Å². The van der Waals surface area contributed by atoms with Crippen LogP contribution in [0.3, 0.4) is 0 Å². The molecule has 0 radical (unpaired) electrons. The van der Waals surface area contributed by atoms with E-state index in [1.807, 2.05) is 0 Å². The van der Waals surface area contributed by atoms with Crippen molar-refractivity contribution in [3.05, 3.63) is 21.9 Å². The van der Waals surface area contributed by atoms with E-state index in [1.54, 1.807) is 0 Å². The monoisotopic (exact) mass is 315 g/mol. The molecule has 1 aromatic heterocycles. The van der Waals surface area contributed by atoms with Crippen molar-refractivity contribution in [3.63, 3.8) is 0 Å². The Morgan fingerprint density at radius 1 is 1.54 bits per heavy atom. The third-order valence-corrected chi connectivity index (χ3v) is 2.43. The van der Waals surface area contributed by atoms with E-state index in [4.69, 9.17) is 0 Å². The van der Waals surface area contributed by atoms with E-state index in [-0.39, 0.29) is 4.60 Å². The minimum Gasteiger partial charge on any atom is -0.505 e. The predicted octanol–water partition coefficient (Wildman–Crippen LogP) is 3.38. The van der Waals surface area contributed by atoms with E-state index < -0.39 is 17.9 Å². The SMILES string of the molecule is Oc1c(CBr)cc(Br)nc1C(F)F. The van der Waals surface area contributed by atoms with Gasteiger partial charge in [-0.2, -0.15) is 0 Å². The average Bonchev–Trinajstić information content (AvgIpc) is 2.08. The van der Waals surface area contributed by atoms with Crippen molar-refractivity contribution in [2.45, 2.75) is 11.8 Å². The molecule has 2 nitrogen and oxygen atoms in total.